The highest BCUT2D eigenvalue weighted by Crippen LogP contribution is 2.19. The predicted molar refractivity (Wildman–Crippen MR) is 88.9 cm³/mol. The lowest BCUT2D eigenvalue weighted by Crippen LogP contribution is -2.26. The molecule has 2 heterocycles. The molecule has 0 bridgehead atoms. The maximum Gasteiger partial charge on any atom is 0.143 e. The van der Waals surface area contributed by atoms with Crippen LogP contribution in [-0.2, 0) is 11.3 Å². The van der Waals surface area contributed by atoms with Gasteiger partial charge in [-0.2, -0.15) is 0 Å². The maximum atomic E-state index is 10.0. The molecule has 1 N–H and O–H groups in total. The minimum absolute atomic E-state index is 0.113. The van der Waals surface area contributed by atoms with Crippen LogP contribution in [0.2, 0.25) is 0 Å². The molecule has 23 heavy (non-hydrogen) atoms. The third-order valence-electron chi connectivity index (χ3n) is 4.03. The molecule has 0 unspecified atom stereocenters. The van der Waals surface area contributed by atoms with Crippen LogP contribution in [0.3, 0.4) is 0 Å². The third kappa shape index (κ3) is 3.93. The molecule has 1 fully saturated rings. The summed E-state index contributed by atoms with van der Waals surface area (Å²) >= 11 is 0. The molecule has 1 aromatic heterocycles. The minimum Gasteiger partial charge on any atom is -0.389 e. The van der Waals surface area contributed by atoms with Gasteiger partial charge in [-0.05, 0) is 19.9 Å². The molecule has 122 valence electrons. The smallest absolute Gasteiger partial charge is 0.143 e. The summed E-state index contributed by atoms with van der Waals surface area (Å²) in [5.74, 6) is 0.785. The quantitative estimate of drug-likeness (QED) is 0.915. The van der Waals surface area contributed by atoms with Crippen molar-refractivity contribution >= 4 is 0 Å². The van der Waals surface area contributed by atoms with Crippen LogP contribution in [0, 0.1) is 6.92 Å². The maximum absolute atomic E-state index is 10.0. The highest BCUT2D eigenvalue weighted by atomic mass is 16.5. The summed E-state index contributed by atoms with van der Waals surface area (Å²) in [5, 5.41) is 10.0. The van der Waals surface area contributed by atoms with E-state index >= 15 is 0 Å². The number of aromatic nitrogens is 2. The molecular formula is C18H23N3O2. The van der Waals surface area contributed by atoms with E-state index in [1.807, 2.05) is 38.1 Å². The lowest BCUT2D eigenvalue weighted by atomic mass is 10.1. The number of β-amino-alcohol motifs (C(OH)–C–C–N with tert-alkyl or cyclic N) is 1. The van der Waals surface area contributed by atoms with E-state index in [9.17, 15) is 5.11 Å². The molecule has 3 rings (SSSR count). The van der Waals surface area contributed by atoms with E-state index in [0.717, 1.165) is 22.8 Å². The Balaban J connectivity index is 1.75. The van der Waals surface area contributed by atoms with Crippen molar-refractivity contribution in [1.82, 2.24) is 14.9 Å². The number of rotatable bonds is 5. The molecule has 1 aliphatic rings. The van der Waals surface area contributed by atoms with E-state index in [4.69, 9.17) is 4.74 Å². The van der Waals surface area contributed by atoms with Crippen molar-refractivity contribution in [3.63, 3.8) is 0 Å². The van der Waals surface area contributed by atoms with Gasteiger partial charge in [0, 0.05) is 31.0 Å². The fraction of sp³-hybridized carbons (Fsp3) is 0.444. The normalized spacial score (nSPS) is 21.7. The van der Waals surface area contributed by atoms with Gasteiger partial charge in [0.05, 0.1) is 24.4 Å². The number of hydrogen-bond donors (Lipinski definition) is 1. The molecule has 5 nitrogen and oxygen atoms in total. The summed E-state index contributed by atoms with van der Waals surface area (Å²) in [6.07, 6.45) is -0.549. The van der Waals surface area contributed by atoms with Gasteiger partial charge in [-0.1, -0.05) is 30.3 Å². The lowest BCUT2D eigenvalue weighted by Gasteiger charge is -2.15. The van der Waals surface area contributed by atoms with Crippen LogP contribution >= 0.6 is 0 Å². The standard InChI is InChI=1S/C18H23N3O2/c1-3-23-17-11-21(10-16(17)22)12-18-19-13(2)9-15(20-18)14-7-5-4-6-8-14/h4-9,16-17,22H,3,10-12H2,1-2H3/t16-,17-/m0/s1. The molecule has 2 aromatic rings. The van der Waals surface area contributed by atoms with Crippen LogP contribution < -0.4 is 0 Å². The van der Waals surface area contributed by atoms with Gasteiger partial charge in [0.2, 0.25) is 0 Å². The van der Waals surface area contributed by atoms with Gasteiger partial charge in [-0.3, -0.25) is 4.90 Å². The number of nitrogens with zero attached hydrogens (tertiary/aromatic N) is 3. The van der Waals surface area contributed by atoms with Gasteiger partial charge in [0.25, 0.3) is 0 Å². The molecule has 1 aromatic carbocycles. The fourth-order valence-corrected chi connectivity index (χ4v) is 3.00. The van der Waals surface area contributed by atoms with Crippen molar-refractivity contribution in [3.8, 4) is 11.3 Å². The number of aliphatic hydroxyl groups excluding tert-OH is 1. The fourth-order valence-electron chi connectivity index (χ4n) is 3.00. The minimum atomic E-state index is -0.437. The summed E-state index contributed by atoms with van der Waals surface area (Å²) in [6, 6.07) is 12.1. The Bertz CT molecular complexity index is 648. The monoisotopic (exact) mass is 313 g/mol. The Morgan fingerprint density at radius 2 is 2.00 bits per heavy atom. The first-order valence-electron chi connectivity index (χ1n) is 8.07. The van der Waals surface area contributed by atoms with Crippen LogP contribution in [-0.4, -0.2) is 51.9 Å². The molecular weight excluding hydrogens is 290 g/mol. The molecule has 0 amide bonds. The Morgan fingerprint density at radius 3 is 2.74 bits per heavy atom. The largest absolute Gasteiger partial charge is 0.389 e. The number of aliphatic hydroxyl groups is 1. The highest BCUT2D eigenvalue weighted by Gasteiger charge is 2.32. The second kappa shape index (κ2) is 7.17. The van der Waals surface area contributed by atoms with Crippen LogP contribution in [0.4, 0.5) is 0 Å². The topological polar surface area (TPSA) is 58.5 Å². The first kappa shape index (κ1) is 16.1. The van der Waals surface area contributed by atoms with Gasteiger partial charge < -0.3 is 9.84 Å². The Hall–Kier alpha value is -1.82. The molecule has 1 aliphatic heterocycles. The molecule has 1 saturated heterocycles. The third-order valence-corrected chi connectivity index (χ3v) is 4.03. The zero-order valence-electron chi connectivity index (χ0n) is 13.6. The number of benzene rings is 1. The van der Waals surface area contributed by atoms with Crippen molar-refractivity contribution < 1.29 is 9.84 Å². The van der Waals surface area contributed by atoms with Crippen LogP contribution in [0.15, 0.2) is 36.4 Å². The van der Waals surface area contributed by atoms with Crippen molar-refractivity contribution in [2.75, 3.05) is 19.7 Å². The summed E-state index contributed by atoms with van der Waals surface area (Å²) in [7, 11) is 0. The number of ether oxygens (including phenoxy) is 1. The van der Waals surface area contributed by atoms with Crippen LogP contribution in [0.25, 0.3) is 11.3 Å². The van der Waals surface area contributed by atoms with Crippen LogP contribution in [0.1, 0.15) is 18.4 Å². The zero-order chi connectivity index (χ0) is 16.2. The lowest BCUT2D eigenvalue weighted by molar-refractivity contribution is -0.00245. The summed E-state index contributed by atoms with van der Waals surface area (Å²) in [6.45, 7) is 6.50. The van der Waals surface area contributed by atoms with Gasteiger partial charge in [-0.15, -0.1) is 0 Å². The Morgan fingerprint density at radius 1 is 1.22 bits per heavy atom. The van der Waals surface area contributed by atoms with Gasteiger partial charge >= 0.3 is 0 Å². The predicted octanol–water partition coefficient (Wildman–Crippen LogP) is 2.03. The highest BCUT2D eigenvalue weighted by molar-refractivity contribution is 5.58. The van der Waals surface area contributed by atoms with Crippen LogP contribution in [0.5, 0.6) is 0 Å². The van der Waals surface area contributed by atoms with E-state index in [1.54, 1.807) is 0 Å². The second-order valence-electron chi connectivity index (χ2n) is 5.93. The Kier molecular flexibility index (Phi) is 5.00. The first-order chi connectivity index (χ1) is 11.2. The van der Waals surface area contributed by atoms with Gasteiger partial charge in [0.15, 0.2) is 0 Å². The summed E-state index contributed by atoms with van der Waals surface area (Å²) in [5.41, 5.74) is 2.98. The second-order valence-corrected chi connectivity index (χ2v) is 5.93. The molecule has 0 saturated carbocycles. The average Bonchev–Trinajstić information content (AvgIpc) is 2.87. The zero-order valence-corrected chi connectivity index (χ0v) is 13.6. The van der Waals surface area contributed by atoms with Crippen molar-refractivity contribution in [1.29, 1.82) is 0 Å². The Labute approximate surface area is 137 Å². The molecule has 0 aliphatic carbocycles. The summed E-state index contributed by atoms with van der Waals surface area (Å²) in [4.78, 5) is 11.4. The number of aryl methyl sites for hydroxylation is 1. The van der Waals surface area contributed by atoms with Crippen molar-refractivity contribution in [3.05, 3.63) is 47.9 Å². The first-order valence-corrected chi connectivity index (χ1v) is 8.07. The van der Waals surface area contributed by atoms with E-state index in [2.05, 4.69) is 27.0 Å². The number of likely N-dealkylation sites (tertiary alicyclic amines) is 1. The average molecular weight is 313 g/mol. The van der Waals surface area contributed by atoms with E-state index in [0.29, 0.717) is 26.2 Å². The van der Waals surface area contributed by atoms with E-state index in [-0.39, 0.29) is 6.10 Å². The van der Waals surface area contributed by atoms with Gasteiger partial charge in [-0.25, -0.2) is 9.97 Å². The SMILES string of the molecule is CCO[C@H]1CN(Cc2nc(C)cc(-c3ccccc3)n2)C[C@@H]1O. The van der Waals surface area contributed by atoms with Crippen molar-refractivity contribution in [2.24, 2.45) is 0 Å². The van der Waals surface area contributed by atoms with E-state index in [1.165, 1.54) is 0 Å². The molecule has 0 spiro atoms. The van der Waals surface area contributed by atoms with Crippen molar-refractivity contribution in [2.45, 2.75) is 32.6 Å². The summed E-state index contributed by atoms with van der Waals surface area (Å²) < 4.78 is 5.57. The molecule has 0 radical (unpaired) electrons. The molecule has 2 atom stereocenters. The molecule has 5 heteroatoms. The van der Waals surface area contributed by atoms with E-state index < -0.39 is 6.10 Å². The van der Waals surface area contributed by atoms with Gasteiger partial charge in [0.1, 0.15) is 5.82 Å². The number of hydrogen-bond acceptors (Lipinski definition) is 5.